The molecule has 4 N–H and O–H groups in total. The Morgan fingerprint density at radius 1 is 0.840 bits per heavy atom. The quantitative estimate of drug-likeness (QED) is 0.819. The number of hydrogen-bond acceptors (Lipinski definition) is 2. The van der Waals surface area contributed by atoms with Gasteiger partial charge in [-0.25, -0.2) is 10.3 Å². The Labute approximate surface area is 154 Å². The van der Waals surface area contributed by atoms with E-state index in [1.165, 1.54) is 22.3 Å². The van der Waals surface area contributed by atoms with Gasteiger partial charge < -0.3 is 0 Å². The molecule has 0 unspecified atom stereocenters. The lowest BCUT2D eigenvalue weighted by Gasteiger charge is -2.17. The van der Waals surface area contributed by atoms with Gasteiger partial charge >= 0.3 is 0 Å². The minimum atomic E-state index is -3.67. The summed E-state index contributed by atoms with van der Waals surface area (Å²) in [5.41, 5.74) is 5.94. The molecule has 0 bridgehead atoms. The van der Waals surface area contributed by atoms with Crippen LogP contribution in [0.5, 0.6) is 0 Å². The Bertz CT molecular complexity index is 850. The van der Waals surface area contributed by atoms with Crippen molar-refractivity contribution in [3.8, 4) is 0 Å². The van der Waals surface area contributed by atoms with E-state index in [-0.39, 0.29) is 0 Å². The summed E-state index contributed by atoms with van der Waals surface area (Å²) in [6.07, 6.45) is 2.26. The lowest BCUT2D eigenvalue weighted by atomic mass is 9.87. The summed E-state index contributed by atoms with van der Waals surface area (Å²) in [5, 5.41) is 9.01. The average Bonchev–Trinajstić information content (AvgIpc) is 2.83. The molecule has 0 saturated carbocycles. The van der Waals surface area contributed by atoms with Crippen molar-refractivity contribution in [3.05, 3.63) is 70.7 Å². The number of nitrogens with two attached hydrogens (primary N) is 2. The van der Waals surface area contributed by atoms with Crippen molar-refractivity contribution in [3.63, 3.8) is 0 Å². The molecule has 1 aliphatic rings. The molecule has 0 spiro atoms. The SMILES string of the molecule is CC1(C)CC(c2ccccc2)=C(c2ccc(Cl)cc2)C1.NS(N)(=O)=O. The van der Waals surface area contributed by atoms with E-state index in [1.54, 1.807) is 0 Å². The van der Waals surface area contributed by atoms with E-state index in [9.17, 15) is 8.42 Å². The lowest BCUT2D eigenvalue weighted by Crippen LogP contribution is -2.21. The Kier molecular flexibility index (Phi) is 6.06. The van der Waals surface area contributed by atoms with Crippen LogP contribution >= 0.6 is 11.6 Å². The molecule has 6 heteroatoms. The van der Waals surface area contributed by atoms with Crippen molar-refractivity contribution in [1.29, 1.82) is 0 Å². The van der Waals surface area contributed by atoms with E-state index in [0.717, 1.165) is 17.9 Å². The molecule has 0 heterocycles. The lowest BCUT2D eigenvalue weighted by molar-refractivity contribution is 0.406. The van der Waals surface area contributed by atoms with E-state index in [4.69, 9.17) is 11.6 Å². The van der Waals surface area contributed by atoms with Crippen LogP contribution < -0.4 is 10.3 Å². The van der Waals surface area contributed by atoms with Crippen LogP contribution in [-0.2, 0) is 10.2 Å². The first-order valence-corrected chi connectivity index (χ1v) is 9.88. The minimum absolute atomic E-state index is 0.333. The molecule has 2 aromatic rings. The van der Waals surface area contributed by atoms with Gasteiger partial charge in [-0.15, -0.1) is 0 Å². The van der Waals surface area contributed by atoms with Gasteiger partial charge in [0.25, 0.3) is 10.2 Å². The van der Waals surface area contributed by atoms with Gasteiger partial charge in [0.2, 0.25) is 0 Å². The summed E-state index contributed by atoms with van der Waals surface area (Å²) in [4.78, 5) is 0. The van der Waals surface area contributed by atoms with Crippen molar-refractivity contribution in [2.75, 3.05) is 0 Å². The van der Waals surface area contributed by atoms with Crippen molar-refractivity contribution in [2.45, 2.75) is 26.7 Å². The Hall–Kier alpha value is -1.66. The van der Waals surface area contributed by atoms with Crippen molar-refractivity contribution in [1.82, 2.24) is 0 Å². The van der Waals surface area contributed by atoms with Gasteiger partial charge in [0.1, 0.15) is 0 Å². The maximum atomic E-state index is 9.19. The van der Waals surface area contributed by atoms with Crippen LogP contribution in [0.4, 0.5) is 0 Å². The highest BCUT2D eigenvalue weighted by Gasteiger charge is 2.31. The highest BCUT2D eigenvalue weighted by atomic mass is 35.5. The predicted molar refractivity (Wildman–Crippen MR) is 105 cm³/mol. The van der Waals surface area contributed by atoms with Crippen LogP contribution in [-0.4, -0.2) is 8.42 Å². The van der Waals surface area contributed by atoms with Gasteiger partial charge in [0.05, 0.1) is 0 Å². The molecule has 0 radical (unpaired) electrons. The van der Waals surface area contributed by atoms with Gasteiger partial charge in [-0.1, -0.05) is 67.9 Å². The van der Waals surface area contributed by atoms with Crippen molar-refractivity contribution < 1.29 is 8.42 Å². The number of halogens is 1. The molecule has 0 atom stereocenters. The van der Waals surface area contributed by atoms with Gasteiger partial charge in [-0.2, -0.15) is 8.42 Å². The van der Waals surface area contributed by atoms with Gasteiger partial charge in [-0.05, 0) is 52.7 Å². The summed E-state index contributed by atoms with van der Waals surface area (Å²) in [5.74, 6) is 0. The molecule has 1 aliphatic carbocycles. The zero-order chi connectivity index (χ0) is 18.7. The zero-order valence-corrected chi connectivity index (χ0v) is 15.9. The third kappa shape index (κ3) is 6.29. The fourth-order valence-electron chi connectivity index (χ4n) is 3.08. The Balaban J connectivity index is 0.000000399. The molecule has 134 valence electrons. The van der Waals surface area contributed by atoms with Crippen LogP contribution in [0.15, 0.2) is 54.6 Å². The molecule has 0 fully saturated rings. The first-order valence-electron chi connectivity index (χ1n) is 7.89. The van der Waals surface area contributed by atoms with E-state index < -0.39 is 10.2 Å². The van der Waals surface area contributed by atoms with Crippen LogP contribution in [0.1, 0.15) is 37.8 Å². The maximum Gasteiger partial charge on any atom is 0.271 e. The van der Waals surface area contributed by atoms with E-state index >= 15 is 0 Å². The second kappa shape index (κ2) is 7.70. The molecule has 0 aliphatic heterocycles. The molecule has 0 aromatic heterocycles. The number of rotatable bonds is 2. The summed E-state index contributed by atoms with van der Waals surface area (Å²) in [6, 6.07) is 19.0. The highest BCUT2D eigenvalue weighted by Crippen LogP contribution is 2.49. The third-order valence-corrected chi connectivity index (χ3v) is 4.24. The van der Waals surface area contributed by atoms with Crippen LogP contribution in [0.2, 0.25) is 5.02 Å². The maximum absolute atomic E-state index is 9.19. The summed E-state index contributed by atoms with van der Waals surface area (Å²) in [7, 11) is -3.67. The summed E-state index contributed by atoms with van der Waals surface area (Å²) < 4.78 is 18.4. The van der Waals surface area contributed by atoms with Gasteiger partial charge in [0, 0.05) is 5.02 Å². The number of benzene rings is 2. The first kappa shape index (κ1) is 19.7. The number of allylic oxidation sites excluding steroid dienone is 2. The predicted octanol–water partition coefficient (Wildman–Crippen LogP) is 4.22. The van der Waals surface area contributed by atoms with E-state index in [2.05, 4.69) is 66.6 Å². The summed E-state index contributed by atoms with van der Waals surface area (Å²) in [6.45, 7) is 4.69. The van der Waals surface area contributed by atoms with E-state index in [0.29, 0.717) is 5.41 Å². The number of hydrogen-bond donors (Lipinski definition) is 2. The molecule has 0 amide bonds. The molecule has 0 saturated heterocycles. The molecule has 4 nitrogen and oxygen atoms in total. The average molecular weight is 379 g/mol. The van der Waals surface area contributed by atoms with Crippen LogP contribution in [0.3, 0.4) is 0 Å². The minimum Gasteiger partial charge on any atom is -0.216 e. The normalized spacial score (nSPS) is 16.4. The van der Waals surface area contributed by atoms with E-state index in [1.807, 2.05) is 12.1 Å². The van der Waals surface area contributed by atoms with Crippen LogP contribution in [0.25, 0.3) is 11.1 Å². The standard InChI is InChI=1S/C19H19Cl.H4N2O2S/c1-19(2)12-17(14-6-4-3-5-7-14)18(13-19)15-8-10-16(20)11-9-15;1-5(2,3)4/h3-11H,12-13H2,1-2H3;(H4,1,2,3,4). The van der Waals surface area contributed by atoms with Crippen LogP contribution in [0, 0.1) is 5.41 Å². The topological polar surface area (TPSA) is 86.2 Å². The first-order chi connectivity index (χ1) is 11.6. The fraction of sp³-hybridized carbons (Fsp3) is 0.263. The fourth-order valence-corrected chi connectivity index (χ4v) is 3.20. The molecular weight excluding hydrogens is 356 g/mol. The summed E-state index contributed by atoms with van der Waals surface area (Å²) >= 11 is 6.01. The third-order valence-electron chi connectivity index (χ3n) is 3.99. The molecule has 2 aromatic carbocycles. The zero-order valence-electron chi connectivity index (χ0n) is 14.4. The Morgan fingerprint density at radius 2 is 1.24 bits per heavy atom. The molecule has 25 heavy (non-hydrogen) atoms. The Morgan fingerprint density at radius 3 is 1.68 bits per heavy atom. The van der Waals surface area contributed by atoms with Crippen molar-refractivity contribution in [2.24, 2.45) is 15.7 Å². The smallest absolute Gasteiger partial charge is 0.216 e. The van der Waals surface area contributed by atoms with Gasteiger partial charge in [0.15, 0.2) is 0 Å². The van der Waals surface area contributed by atoms with Gasteiger partial charge in [-0.3, -0.25) is 0 Å². The monoisotopic (exact) mass is 378 g/mol. The largest absolute Gasteiger partial charge is 0.271 e. The second-order valence-corrected chi connectivity index (χ2v) is 8.55. The molecular formula is C19H23ClN2O2S. The second-order valence-electron chi connectivity index (χ2n) is 6.94. The molecule has 3 rings (SSSR count). The van der Waals surface area contributed by atoms with Crippen molar-refractivity contribution >= 4 is 33.0 Å². The highest BCUT2D eigenvalue weighted by molar-refractivity contribution is 7.86.